The molecule has 2 heterocycles. The van der Waals surface area contributed by atoms with Gasteiger partial charge in [0.15, 0.2) is 0 Å². The smallest absolute Gasteiger partial charge is 0.264 e. The van der Waals surface area contributed by atoms with E-state index in [-0.39, 0.29) is 5.91 Å². The maximum absolute atomic E-state index is 13.4. The highest BCUT2D eigenvalue weighted by Gasteiger charge is 2.37. The molecule has 1 aliphatic rings. The van der Waals surface area contributed by atoms with Gasteiger partial charge in [0.2, 0.25) is 5.13 Å². The number of anilines is 1. The Hall–Kier alpha value is -3.84. The lowest BCUT2D eigenvalue weighted by molar-refractivity contribution is -0.118. The van der Waals surface area contributed by atoms with Crippen molar-refractivity contribution in [3.8, 4) is 5.75 Å². The van der Waals surface area contributed by atoms with Crippen LogP contribution in [-0.4, -0.2) is 29.9 Å². The first kappa shape index (κ1) is 20.1. The van der Waals surface area contributed by atoms with Crippen molar-refractivity contribution in [3.63, 3.8) is 0 Å². The molecule has 0 radical (unpaired) electrons. The fourth-order valence-electron chi connectivity index (χ4n) is 3.53. The molecule has 0 saturated carbocycles. The van der Waals surface area contributed by atoms with Crippen LogP contribution in [-0.2, 0) is 11.3 Å². The molecule has 0 bridgehead atoms. The molecule has 1 atom stereocenters. The molecule has 1 amide bonds. The summed E-state index contributed by atoms with van der Waals surface area (Å²) in [6.07, 6.45) is 1.70. The summed E-state index contributed by atoms with van der Waals surface area (Å²) in [6.45, 7) is 0.469. The van der Waals surface area contributed by atoms with Crippen LogP contribution >= 0.6 is 11.3 Å². The molecule has 1 aromatic heterocycles. The SMILES string of the molecule is COc1ccc(CN=C[C@H]2C(=O)N(c3nc4ccccc4s3)N=C2c2ccccc2)cc1. The average molecular weight is 441 g/mol. The third kappa shape index (κ3) is 3.90. The molecule has 4 aromatic rings. The van der Waals surface area contributed by atoms with Crippen molar-refractivity contribution in [1.29, 1.82) is 0 Å². The quantitative estimate of drug-likeness (QED) is 0.399. The van der Waals surface area contributed by atoms with Crippen molar-refractivity contribution in [1.82, 2.24) is 4.98 Å². The van der Waals surface area contributed by atoms with Gasteiger partial charge in [0, 0.05) is 6.21 Å². The normalized spacial score (nSPS) is 16.2. The van der Waals surface area contributed by atoms with E-state index >= 15 is 0 Å². The zero-order valence-corrected chi connectivity index (χ0v) is 18.2. The second-order valence-corrected chi connectivity index (χ2v) is 8.29. The van der Waals surface area contributed by atoms with Crippen molar-refractivity contribution in [2.45, 2.75) is 6.54 Å². The topological polar surface area (TPSA) is 67.2 Å². The number of nitrogens with zero attached hydrogens (tertiary/aromatic N) is 4. The number of benzene rings is 3. The number of aliphatic imine (C=N–C) groups is 1. The summed E-state index contributed by atoms with van der Waals surface area (Å²) in [5.74, 6) is 0.0812. The van der Waals surface area contributed by atoms with Crippen LogP contribution in [0.3, 0.4) is 0 Å². The van der Waals surface area contributed by atoms with Gasteiger partial charge in [0.1, 0.15) is 11.7 Å². The number of hydrogen-bond donors (Lipinski definition) is 0. The molecule has 158 valence electrons. The van der Waals surface area contributed by atoms with E-state index in [1.165, 1.54) is 16.3 Å². The summed E-state index contributed by atoms with van der Waals surface area (Å²) in [5, 5.41) is 6.65. The Morgan fingerprint density at radius 3 is 2.53 bits per heavy atom. The number of carbonyl (C=O) groups is 1. The summed E-state index contributed by atoms with van der Waals surface area (Å²) in [6, 6.07) is 25.3. The van der Waals surface area contributed by atoms with Gasteiger partial charge in [-0.05, 0) is 35.4 Å². The van der Waals surface area contributed by atoms with Crippen molar-refractivity contribution < 1.29 is 9.53 Å². The Morgan fingerprint density at radius 2 is 1.78 bits per heavy atom. The minimum atomic E-state index is -0.567. The number of aromatic nitrogens is 1. The average Bonchev–Trinajstić information content (AvgIpc) is 3.41. The minimum Gasteiger partial charge on any atom is -0.497 e. The Labute approximate surface area is 189 Å². The van der Waals surface area contributed by atoms with Crippen LogP contribution in [0, 0.1) is 5.92 Å². The van der Waals surface area contributed by atoms with Crippen molar-refractivity contribution in [2.75, 3.05) is 12.1 Å². The Balaban J connectivity index is 1.44. The second kappa shape index (κ2) is 8.72. The Morgan fingerprint density at radius 1 is 1.03 bits per heavy atom. The van der Waals surface area contributed by atoms with Crippen LogP contribution in [0.4, 0.5) is 5.13 Å². The van der Waals surface area contributed by atoms with E-state index in [4.69, 9.17) is 4.74 Å². The summed E-state index contributed by atoms with van der Waals surface area (Å²) >= 11 is 1.45. The molecular weight excluding hydrogens is 420 g/mol. The molecule has 6 nitrogen and oxygen atoms in total. The van der Waals surface area contributed by atoms with Gasteiger partial charge in [0.05, 0.1) is 29.6 Å². The molecule has 7 heteroatoms. The maximum atomic E-state index is 13.4. The minimum absolute atomic E-state index is 0.151. The van der Waals surface area contributed by atoms with Crippen LogP contribution < -0.4 is 9.75 Å². The van der Waals surface area contributed by atoms with Crippen molar-refractivity contribution in [2.24, 2.45) is 16.0 Å². The standard InChI is InChI=1S/C25H20N4O2S/c1-31-19-13-11-17(12-14-19)15-26-16-20-23(18-7-3-2-4-8-18)28-29(24(20)30)25-27-21-9-5-6-10-22(21)32-25/h2-14,16,20H,15H2,1H3/t20-/m1/s1. The van der Waals surface area contributed by atoms with Crippen LogP contribution in [0.15, 0.2) is 89.0 Å². The van der Waals surface area contributed by atoms with Gasteiger partial charge < -0.3 is 4.74 Å². The van der Waals surface area contributed by atoms with Crippen molar-refractivity contribution in [3.05, 3.63) is 90.0 Å². The second-order valence-electron chi connectivity index (χ2n) is 7.28. The van der Waals surface area contributed by atoms with Gasteiger partial charge in [-0.25, -0.2) is 4.98 Å². The monoisotopic (exact) mass is 440 g/mol. The van der Waals surface area contributed by atoms with Gasteiger partial charge >= 0.3 is 0 Å². The van der Waals surface area contributed by atoms with Crippen LogP contribution in [0.25, 0.3) is 10.2 Å². The highest BCUT2D eigenvalue weighted by Crippen LogP contribution is 2.33. The van der Waals surface area contributed by atoms with Crippen LogP contribution in [0.2, 0.25) is 0 Å². The summed E-state index contributed by atoms with van der Waals surface area (Å²) in [4.78, 5) is 22.5. The summed E-state index contributed by atoms with van der Waals surface area (Å²) < 4.78 is 6.22. The van der Waals surface area contributed by atoms with Crippen molar-refractivity contribution >= 4 is 44.5 Å². The number of ether oxygens (including phenoxy) is 1. The lowest BCUT2D eigenvalue weighted by Crippen LogP contribution is -2.28. The highest BCUT2D eigenvalue weighted by atomic mass is 32.1. The number of carbonyl (C=O) groups excluding carboxylic acids is 1. The molecule has 0 spiro atoms. The molecule has 3 aromatic carbocycles. The third-order valence-electron chi connectivity index (χ3n) is 5.20. The molecule has 1 aliphatic heterocycles. The van der Waals surface area contributed by atoms with Gasteiger partial charge in [-0.1, -0.05) is 65.9 Å². The molecule has 32 heavy (non-hydrogen) atoms. The Kier molecular flexibility index (Phi) is 5.47. The third-order valence-corrected chi connectivity index (χ3v) is 6.21. The fourth-order valence-corrected chi connectivity index (χ4v) is 4.45. The van der Waals surface area contributed by atoms with E-state index in [1.54, 1.807) is 13.3 Å². The van der Waals surface area contributed by atoms with Gasteiger partial charge in [-0.2, -0.15) is 10.1 Å². The summed E-state index contributed by atoms with van der Waals surface area (Å²) in [7, 11) is 1.64. The number of para-hydroxylation sites is 1. The molecule has 0 unspecified atom stereocenters. The molecule has 0 aliphatic carbocycles. The predicted molar refractivity (Wildman–Crippen MR) is 129 cm³/mol. The number of thiazole rings is 1. The molecule has 0 N–H and O–H groups in total. The lowest BCUT2D eigenvalue weighted by atomic mass is 9.98. The fraction of sp³-hybridized carbons (Fsp3) is 0.120. The van der Waals surface area contributed by atoms with E-state index in [2.05, 4.69) is 15.1 Å². The number of fused-ring (bicyclic) bond motifs is 1. The maximum Gasteiger partial charge on any atom is 0.264 e. The first-order chi connectivity index (χ1) is 15.7. The van der Waals surface area contributed by atoms with Crippen LogP contribution in [0.5, 0.6) is 5.75 Å². The molecule has 0 saturated heterocycles. The Bertz CT molecular complexity index is 1280. The van der Waals surface area contributed by atoms with Gasteiger partial charge in [-0.3, -0.25) is 9.79 Å². The summed E-state index contributed by atoms with van der Waals surface area (Å²) in [5.41, 5.74) is 3.46. The largest absolute Gasteiger partial charge is 0.497 e. The van der Waals surface area contributed by atoms with E-state index in [0.717, 1.165) is 27.1 Å². The van der Waals surface area contributed by atoms with E-state index in [1.807, 2.05) is 78.9 Å². The predicted octanol–water partition coefficient (Wildman–Crippen LogP) is 4.94. The van der Waals surface area contributed by atoms with E-state index in [9.17, 15) is 4.79 Å². The number of rotatable bonds is 6. The number of hydrazone groups is 1. The number of amides is 1. The van der Waals surface area contributed by atoms with E-state index in [0.29, 0.717) is 17.4 Å². The zero-order valence-electron chi connectivity index (χ0n) is 17.4. The molecular formula is C25H20N4O2S. The van der Waals surface area contributed by atoms with E-state index < -0.39 is 5.92 Å². The highest BCUT2D eigenvalue weighted by molar-refractivity contribution is 7.22. The van der Waals surface area contributed by atoms with Gasteiger partial charge in [0.25, 0.3) is 5.91 Å². The van der Waals surface area contributed by atoms with Gasteiger partial charge in [-0.15, -0.1) is 0 Å². The van der Waals surface area contributed by atoms with Crippen LogP contribution in [0.1, 0.15) is 11.1 Å². The molecule has 0 fully saturated rings. The molecule has 5 rings (SSSR count). The number of methoxy groups -OCH3 is 1. The first-order valence-electron chi connectivity index (χ1n) is 10.2. The lowest BCUT2D eigenvalue weighted by Gasteiger charge is -2.08. The first-order valence-corrected chi connectivity index (χ1v) is 11.0. The number of hydrogen-bond acceptors (Lipinski definition) is 6. The zero-order chi connectivity index (χ0) is 21.9.